The van der Waals surface area contributed by atoms with Gasteiger partial charge in [-0.05, 0) is 0 Å². The third-order valence-corrected chi connectivity index (χ3v) is 3.98. The maximum atomic E-state index is 10.00. The lowest BCUT2D eigenvalue weighted by atomic mass is 9.97. The van der Waals surface area contributed by atoms with Crippen LogP contribution in [0.25, 0.3) is 0 Å². The smallest absolute Gasteiger partial charge is 0.187 e. The predicted molar refractivity (Wildman–Crippen MR) is 68.6 cm³/mol. The number of hydrogen-bond acceptors (Lipinski definition) is 11. The van der Waals surface area contributed by atoms with E-state index in [2.05, 4.69) is 0 Å². The van der Waals surface area contributed by atoms with Crippen molar-refractivity contribution in [3.05, 3.63) is 0 Å². The van der Waals surface area contributed by atoms with Gasteiger partial charge in [-0.25, -0.2) is 0 Å². The highest BCUT2D eigenvalue weighted by Gasteiger charge is 2.50. The maximum Gasteiger partial charge on any atom is 0.187 e. The van der Waals surface area contributed by atoms with Gasteiger partial charge in [-0.15, -0.1) is 0 Å². The van der Waals surface area contributed by atoms with Crippen molar-refractivity contribution >= 4 is 0 Å². The highest BCUT2D eigenvalue weighted by atomic mass is 16.7. The van der Waals surface area contributed by atoms with Crippen molar-refractivity contribution in [1.82, 2.24) is 0 Å². The van der Waals surface area contributed by atoms with E-state index in [4.69, 9.17) is 24.4 Å². The molecule has 0 spiro atoms. The van der Waals surface area contributed by atoms with Gasteiger partial charge in [-0.1, -0.05) is 0 Å². The zero-order valence-corrected chi connectivity index (χ0v) is 12.0. The van der Waals surface area contributed by atoms with Crippen molar-refractivity contribution in [2.75, 3.05) is 13.2 Å². The van der Waals surface area contributed by atoms with Gasteiger partial charge in [-0.2, -0.15) is 0 Å². The minimum absolute atomic E-state index is 0.667. The molecule has 0 bridgehead atoms. The first kappa shape index (κ1) is 18.9. The van der Waals surface area contributed by atoms with Gasteiger partial charge in [0.05, 0.1) is 13.2 Å². The molecule has 8 N–H and O–H groups in total. The fourth-order valence-electron chi connectivity index (χ4n) is 2.56. The quantitative estimate of drug-likeness (QED) is 0.243. The molecule has 2 fully saturated rings. The lowest BCUT2D eigenvalue weighted by Gasteiger charge is -2.45. The fraction of sp³-hybridized carbons (Fsp3) is 1.00. The van der Waals surface area contributed by atoms with E-state index in [1.54, 1.807) is 0 Å². The summed E-state index contributed by atoms with van der Waals surface area (Å²) in [6, 6.07) is 0. The zero-order chi connectivity index (χ0) is 17.3. The molecule has 0 radical (unpaired) electrons. The summed E-state index contributed by atoms with van der Waals surface area (Å²) in [7, 11) is 0. The van der Waals surface area contributed by atoms with E-state index in [1.165, 1.54) is 0 Å². The maximum absolute atomic E-state index is 10.00. The van der Waals surface area contributed by atoms with E-state index >= 15 is 0 Å². The van der Waals surface area contributed by atoms with E-state index in [9.17, 15) is 30.6 Å². The van der Waals surface area contributed by atoms with E-state index in [-0.39, 0.29) is 0 Å². The normalized spacial score (nSPS) is 51.7. The second-order valence-corrected chi connectivity index (χ2v) is 5.53. The van der Waals surface area contributed by atoms with Gasteiger partial charge in [-0.3, -0.25) is 0 Å². The monoisotopic (exact) mass is 342 g/mol. The zero-order valence-electron chi connectivity index (χ0n) is 12.0. The van der Waals surface area contributed by atoms with Crippen molar-refractivity contribution in [1.29, 1.82) is 0 Å². The molecule has 0 aromatic rings. The first-order chi connectivity index (χ1) is 10.8. The Morgan fingerprint density at radius 1 is 0.652 bits per heavy atom. The fourth-order valence-corrected chi connectivity index (χ4v) is 2.56. The van der Waals surface area contributed by atoms with Crippen LogP contribution >= 0.6 is 0 Å². The Bertz CT molecular complexity index is 380. The molecular formula is C12H22O11. The number of hydrogen-bond donors (Lipinski definition) is 8. The predicted octanol–water partition coefficient (Wildman–Crippen LogP) is -5.40. The van der Waals surface area contributed by atoms with Crippen LogP contribution in [0.2, 0.25) is 0 Å². The summed E-state index contributed by atoms with van der Waals surface area (Å²) < 4.78 is 15.1. The summed E-state index contributed by atoms with van der Waals surface area (Å²) in [6.07, 6.45) is -15.7. The van der Waals surface area contributed by atoms with Gasteiger partial charge in [0, 0.05) is 0 Å². The van der Waals surface area contributed by atoms with Crippen LogP contribution in [0.3, 0.4) is 0 Å². The molecule has 136 valence electrons. The number of ether oxygens (including phenoxy) is 3. The van der Waals surface area contributed by atoms with Crippen molar-refractivity contribution in [3.63, 3.8) is 0 Å². The first-order valence-electron chi connectivity index (χ1n) is 7.08. The van der Waals surface area contributed by atoms with Crippen LogP contribution in [-0.4, -0.2) is 115 Å². The Kier molecular flexibility index (Phi) is 6.27. The molecule has 10 atom stereocenters. The molecule has 0 aromatic heterocycles. The molecule has 2 aliphatic heterocycles. The summed E-state index contributed by atoms with van der Waals surface area (Å²) in [5, 5.41) is 76.8. The second-order valence-electron chi connectivity index (χ2n) is 5.53. The van der Waals surface area contributed by atoms with Crippen LogP contribution in [0, 0.1) is 0 Å². The molecule has 2 rings (SSSR count). The minimum atomic E-state index is -1.76. The van der Waals surface area contributed by atoms with Crippen LogP contribution in [0.5, 0.6) is 0 Å². The lowest BCUT2D eigenvalue weighted by Crippen LogP contribution is -2.64. The summed E-state index contributed by atoms with van der Waals surface area (Å²) in [5.74, 6) is 0. The molecular weight excluding hydrogens is 320 g/mol. The molecule has 23 heavy (non-hydrogen) atoms. The third-order valence-electron chi connectivity index (χ3n) is 3.98. The Morgan fingerprint density at radius 2 is 1.22 bits per heavy atom. The molecule has 11 nitrogen and oxygen atoms in total. The van der Waals surface area contributed by atoms with Gasteiger partial charge in [0.15, 0.2) is 12.6 Å². The van der Waals surface area contributed by atoms with Crippen molar-refractivity contribution in [2.45, 2.75) is 61.4 Å². The second kappa shape index (κ2) is 7.63. The Hall–Kier alpha value is -0.440. The summed E-state index contributed by atoms with van der Waals surface area (Å²) >= 11 is 0. The van der Waals surface area contributed by atoms with Gasteiger partial charge >= 0.3 is 0 Å². The molecule has 0 aliphatic carbocycles. The number of aliphatic hydroxyl groups is 8. The standard InChI is InChI=1S/C12H22O11/c13-1-3-5(15)7(17)8(18)12(22-3)23-10-6(16)4(2-14)21-11(20)9(10)19/h3-20H,1-2H2/t3-,4+,5-,6+,7+,8+,9+,10-,11-,12-/m0/s1. The largest absolute Gasteiger partial charge is 0.394 e. The molecule has 0 unspecified atom stereocenters. The van der Waals surface area contributed by atoms with Crippen molar-refractivity contribution in [2.24, 2.45) is 0 Å². The lowest BCUT2D eigenvalue weighted by molar-refractivity contribution is -0.355. The minimum Gasteiger partial charge on any atom is -0.394 e. The Morgan fingerprint density at radius 3 is 1.78 bits per heavy atom. The highest BCUT2D eigenvalue weighted by Crippen LogP contribution is 2.28. The van der Waals surface area contributed by atoms with Crippen molar-refractivity contribution < 1.29 is 55.1 Å². The summed E-state index contributed by atoms with van der Waals surface area (Å²) in [6.45, 7) is -1.34. The van der Waals surface area contributed by atoms with Crippen LogP contribution in [0.4, 0.5) is 0 Å². The summed E-state index contributed by atoms with van der Waals surface area (Å²) in [4.78, 5) is 0. The number of rotatable bonds is 4. The molecule has 11 heteroatoms. The topological polar surface area (TPSA) is 190 Å². The van der Waals surface area contributed by atoms with E-state index in [0.717, 1.165) is 0 Å². The molecule has 0 aromatic carbocycles. The van der Waals surface area contributed by atoms with Gasteiger partial charge < -0.3 is 55.1 Å². The van der Waals surface area contributed by atoms with Gasteiger partial charge in [0.2, 0.25) is 0 Å². The average molecular weight is 342 g/mol. The van der Waals surface area contributed by atoms with Crippen LogP contribution in [-0.2, 0) is 14.2 Å². The van der Waals surface area contributed by atoms with Crippen molar-refractivity contribution in [3.8, 4) is 0 Å². The van der Waals surface area contributed by atoms with E-state index < -0.39 is 74.6 Å². The molecule has 2 heterocycles. The molecule has 0 amide bonds. The third kappa shape index (κ3) is 3.65. The SMILES string of the molecule is OC[C@@H]1O[C@@H](O[C@@H]2[C@@H](O)[C@@H](O)O[C@H](CO)[C@H]2O)[C@H](O)[C@H](O)[C@H]1O. The van der Waals surface area contributed by atoms with Gasteiger partial charge in [0.1, 0.15) is 48.8 Å². The molecule has 2 saturated heterocycles. The van der Waals surface area contributed by atoms with Crippen LogP contribution in [0.15, 0.2) is 0 Å². The summed E-state index contributed by atoms with van der Waals surface area (Å²) in [5.41, 5.74) is 0. The van der Waals surface area contributed by atoms with E-state index in [0.29, 0.717) is 0 Å². The molecule has 2 aliphatic rings. The van der Waals surface area contributed by atoms with Gasteiger partial charge in [0.25, 0.3) is 0 Å². The first-order valence-corrected chi connectivity index (χ1v) is 7.08. The van der Waals surface area contributed by atoms with E-state index in [1.807, 2.05) is 0 Å². The van der Waals surface area contributed by atoms with Crippen LogP contribution < -0.4 is 0 Å². The Labute approximate surface area is 130 Å². The van der Waals surface area contributed by atoms with Crippen LogP contribution in [0.1, 0.15) is 0 Å². The highest BCUT2D eigenvalue weighted by molar-refractivity contribution is 4.93. The number of aliphatic hydroxyl groups excluding tert-OH is 8. The molecule has 0 saturated carbocycles. The Balaban J connectivity index is 2.11. The average Bonchev–Trinajstić information content (AvgIpc) is 2.54.